The van der Waals surface area contributed by atoms with Crippen molar-refractivity contribution in [2.45, 2.75) is 39.2 Å². The summed E-state index contributed by atoms with van der Waals surface area (Å²) in [5.74, 6) is 1.64. The third-order valence-corrected chi connectivity index (χ3v) is 3.79. The zero-order valence-electron chi connectivity index (χ0n) is 10.8. The van der Waals surface area contributed by atoms with Gasteiger partial charge in [-0.25, -0.2) is 4.98 Å². The number of anilines is 1. The van der Waals surface area contributed by atoms with Crippen LogP contribution in [0.3, 0.4) is 0 Å². The Kier molecular flexibility index (Phi) is 3.94. The van der Waals surface area contributed by atoms with Crippen LogP contribution >= 0.6 is 0 Å². The van der Waals surface area contributed by atoms with Gasteiger partial charge in [0.15, 0.2) is 0 Å². The van der Waals surface area contributed by atoms with Crippen LogP contribution in [0.15, 0.2) is 12.4 Å². The van der Waals surface area contributed by atoms with Crippen LogP contribution in [0, 0.1) is 12.8 Å². The molecule has 2 N–H and O–H groups in total. The molecule has 1 aliphatic rings. The molecule has 0 aliphatic heterocycles. The molecule has 94 valence electrons. The Labute approximate surface area is 103 Å². The van der Waals surface area contributed by atoms with Crippen LogP contribution in [-0.4, -0.2) is 29.1 Å². The monoisotopic (exact) mass is 234 g/mol. The Morgan fingerprint density at radius 3 is 2.76 bits per heavy atom. The summed E-state index contributed by atoms with van der Waals surface area (Å²) in [7, 11) is 0. The van der Waals surface area contributed by atoms with Gasteiger partial charge in [-0.2, -0.15) is 0 Å². The lowest BCUT2D eigenvalue weighted by Gasteiger charge is -2.33. The predicted molar refractivity (Wildman–Crippen MR) is 70.0 cm³/mol. The first-order valence-corrected chi connectivity index (χ1v) is 6.52. The number of hydrogen-bond donors (Lipinski definition) is 1. The molecule has 0 saturated heterocycles. The summed E-state index contributed by atoms with van der Waals surface area (Å²) in [5.41, 5.74) is 6.88. The summed E-state index contributed by atoms with van der Waals surface area (Å²) in [4.78, 5) is 11.2. The van der Waals surface area contributed by atoms with Crippen LogP contribution < -0.4 is 10.6 Å². The van der Waals surface area contributed by atoms with Crippen LogP contribution in [0.4, 0.5) is 5.82 Å². The molecule has 17 heavy (non-hydrogen) atoms. The molecule has 0 amide bonds. The Morgan fingerprint density at radius 1 is 1.35 bits per heavy atom. The maximum Gasteiger partial charge on any atom is 0.150 e. The molecule has 1 heterocycles. The summed E-state index contributed by atoms with van der Waals surface area (Å²) >= 11 is 0. The third kappa shape index (κ3) is 2.41. The van der Waals surface area contributed by atoms with E-state index in [9.17, 15) is 0 Å². The SMILES string of the molecule is CCN(c1nccnc1C)C1CCCC1CN. The van der Waals surface area contributed by atoms with Crippen LogP contribution in [0.5, 0.6) is 0 Å². The lowest BCUT2D eigenvalue weighted by atomic mass is 10.0. The van der Waals surface area contributed by atoms with Crippen molar-refractivity contribution in [1.82, 2.24) is 9.97 Å². The van der Waals surface area contributed by atoms with Gasteiger partial charge < -0.3 is 10.6 Å². The number of aromatic nitrogens is 2. The van der Waals surface area contributed by atoms with Crippen molar-refractivity contribution in [1.29, 1.82) is 0 Å². The van der Waals surface area contributed by atoms with Gasteiger partial charge >= 0.3 is 0 Å². The minimum absolute atomic E-state index is 0.542. The second kappa shape index (κ2) is 5.45. The lowest BCUT2D eigenvalue weighted by molar-refractivity contribution is 0.458. The highest BCUT2D eigenvalue weighted by molar-refractivity contribution is 5.43. The van der Waals surface area contributed by atoms with Crippen molar-refractivity contribution in [2.24, 2.45) is 11.7 Å². The normalized spacial score (nSPS) is 23.9. The predicted octanol–water partition coefficient (Wildman–Crippen LogP) is 1.74. The average molecular weight is 234 g/mol. The summed E-state index contributed by atoms with van der Waals surface area (Å²) in [6.45, 7) is 5.96. The van der Waals surface area contributed by atoms with Crippen LogP contribution in [0.25, 0.3) is 0 Å². The fourth-order valence-corrected chi connectivity index (χ4v) is 2.93. The maximum absolute atomic E-state index is 5.87. The van der Waals surface area contributed by atoms with E-state index in [1.165, 1.54) is 19.3 Å². The molecule has 1 aromatic rings. The minimum atomic E-state index is 0.542. The summed E-state index contributed by atoms with van der Waals surface area (Å²) in [6, 6.07) is 0.542. The first kappa shape index (κ1) is 12.3. The molecule has 2 rings (SSSR count). The van der Waals surface area contributed by atoms with E-state index in [0.29, 0.717) is 12.0 Å². The van der Waals surface area contributed by atoms with E-state index >= 15 is 0 Å². The number of nitrogens with zero attached hydrogens (tertiary/aromatic N) is 3. The van der Waals surface area contributed by atoms with Crippen LogP contribution in [0.1, 0.15) is 31.9 Å². The standard InChI is InChI=1S/C13H22N4/c1-3-17(12-6-4-5-11(12)9-14)13-10(2)15-7-8-16-13/h7-8,11-12H,3-6,9,14H2,1-2H3. The maximum atomic E-state index is 5.87. The molecule has 1 saturated carbocycles. The van der Waals surface area contributed by atoms with Crippen molar-refractivity contribution in [3.63, 3.8) is 0 Å². The second-order valence-electron chi connectivity index (χ2n) is 4.75. The molecule has 1 fully saturated rings. The highest BCUT2D eigenvalue weighted by atomic mass is 15.2. The van der Waals surface area contributed by atoms with Gasteiger partial charge in [-0.3, -0.25) is 4.98 Å². The topological polar surface area (TPSA) is 55.0 Å². The summed E-state index contributed by atoms with van der Waals surface area (Å²) in [5, 5.41) is 0. The first-order valence-electron chi connectivity index (χ1n) is 6.52. The summed E-state index contributed by atoms with van der Waals surface area (Å²) < 4.78 is 0. The number of aryl methyl sites for hydroxylation is 1. The van der Waals surface area contributed by atoms with E-state index in [2.05, 4.69) is 21.8 Å². The number of rotatable bonds is 4. The van der Waals surface area contributed by atoms with Gasteiger partial charge in [-0.05, 0) is 39.2 Å². The fraction of sp³-hybridized carbons (Fsp3) is 0.692. The van der Waals surface area contributed by atoms with Crippen LogP contribution in [-0.2, 0) is 0 Å². The zero-order chi connectivity index (χ0) is 12.3. The van der Waals surface area contributed by atoms with Crippen molar-refractivity contribution in [3.8, 4) is 0 Å². The molecule has 2 atom stereocenters. The zero-order valence-corrected chi connectivity index (χ0v) is 10.8. The van der Waals surface area contributed by atoms with Crippen molar-refractivity contribution >= 4 is 5.82 Å². The third-order valence-electron chi connectivity index (χ3n) is 3.79. The summed E-state index contributed by atoms with van der Waals surface area (Å²) in [6.07, 6.45) is 7.28. The van der Waals surface area contributed by atoms with Crippen molar-refractivity contribution < 1.29 is 0 Å². The smallest absolute Gasteiger partial charge is 0.150 e. The van der Waals surface area contributed by atoms with E-state index in [4.69, 9.17) is 5.73 Å². The van der Waals surface area contributed by atoms with E-state index in [1.807, 2.05) is 6.92 Å². The van der Waals surface area contributed by atoms with Gasteiger partial charge in [-0.15, -0.1) is 0 Å². The Hall–Kier alpha value is -1.16. The molecule has 4 heteroatoms. The van der Waals surface area contributed by atoms with Gasteiger partial charge in [0, 0.05) is 25.0 Å². The van der Waals surface area contributed by atoms with Gasteiger partial charge in [0.25, 0.3) is 0 Å². The van der Waals surface area contributed by atoms with Gasteiger partial charge in [0.1, 0.15) is 5.82 Å². The van der Waals surface area contributed by atoms with Crippen molar-refractivity contribution in [2.75, 3.05) is 18.0 Å². The molecular weight excluding hydrogens is 212 g/mol. The average Bonchev–Trinajstić information content (AvgIpc) is 2.81. The minimum Gasteiger partial charge on any atom is -0.352 e. The molecule has 0 bridgehead atoms. The van der Waals surface area contributed by atoms with Gasteiger partial charge in [0.2, 0.25) is 0 Å². The number of hydrogen-bond acceptors (Lipinski definition) is 4. The van der Waals surface area contributed by atoms with E-state index in [-0.39, 0.29) is 0 Å². The molecule has 0 radical (unpaired) electrons. The first-order chi connectivity index (χ1) is 8.27. The molecule has 1 aliphatic carbocycles. The Balaban J connectivity index is 2.24. The fourth-order valence-electron chi connectivity index (χ4n) is 2.93. The molecule has 0 aromatic carbocycles. The Bertz CT molecular complexity index is 366. The molecule has 0 spiro atoms. The van der Waals surface area contributed by atoms with E-state index < -0.39 is 0 Å². The largest absolute Gasteiger partial charge is 0.352 e. The van der Waals surface area contributed by atoms with Crippen LogP contribution in [0.2, 0.25) is 0 Å². The van der Waals surface area contributed by atoms with E-state index in [0.717, 1.165) is 24.6 Å². The number of nitrogens with two attached hydrogens (primary N) is 1. The van der Waals surface area contributed by atoms with E-state index in [1.54, 1.807) is 12.4 Å². The van der Waals surface area contributed by atoms with Gasteiger partial charge in [-0.1, -0.05) is 6.42 Å². The molecule has 1 aromatic heterocycles. The Morgan fingerprint density at radius 2 is 2.12 bits per heavy atom. The quantitative estimate of drug-likeness (QED) is 0.862. The van der Waals surface area contributed by atoms with Crippen molar-refractivity contribution in [3.05, 3.63) is 18.1 Å². The molecule has 4 nitrogen and oxygen atoms in total. The van der Waals surface area contributed by atoms with Gasteiger partial charge in [0.05, 0.1) is 5.69 Å². The highest BCUT2D eigenvalue weighted by Crippen LogP contribution is 2.32. The second-order valence-corrected chi connectivity index (χ2v) is 4.75. The highest BCUT2D eigenvalue weighted by Gasteiger charge is 2.31. The molecular formula is C13H22N4. The molecule has 2 unspecified atom stereocenters. The lowest BCUT2D eigenvalue weighted by Crippen LogP contribution is -2.41.